The van der Waals surface area contributed by atoms with Gasteiger partial charge >= 0.3 is 12.9 Å². The number of halogens is 4. The number of hydrogen-bond donors (Lipinski definition) is 0. The summed E-state index contributed by atoms with van der Waals surface area (Å²) in [6.07, 6.45) is 6.56. The molecule has 2 rings (SSSR count). The van der Waals surface area contributed by atoms with Crippen LogP contribution in [0.25, 0.3) is 4.98 Å². The Balaban J connectivity index is 0.000000696. The molecule has 0 amide bonds. The van der Waals surface area contributed by atoms with E-state index in [1.165, 1.54) is 12.8 Å². The van der Waals surface area contributed by atoms with Crippen molar-refractivity contribution < 1.29 is 26.7 Å². The van der Waals surface area contributed by atoms with Gasteiger partial charge < -0.3 is 31.6 Å². The maximum atomic E-state index is 9.75. The van der Waals surface area contributed by atoms with Crippen molar-refractivity contribution in [1.29, 1.82) is 5.39 Å². The largest absolute Gasteiger partial charge is 0.673 e. The number of diazo groups is 1. The highest BCUT2D eigenvalue weighted by Crippen LogP contribution is 2.41. The van der Waals surface area contributed by atoms with E-state index in [0.717, 1.165) is 50.2 Å². The fourth-order valence-electron chi connectivity index (χ4n) is 2.71. The second kappa shape index (κ2) is 12.3. The van der Waals surface area contributed by atoms with Gasteiger partial charge in [0.15, 0.2) is 10.7 Å². The van der Waals surface area contributed by atoms with Crippen molar-refractivity contribution in [3.63, 3.8) is 0 Å². The van der Waals surface area contributed by atoms with Crippen molar-refractivity contribution in [3.05, 3.63) is 17.1 Å². The minimum atomic E-state index is -6.00. The van der Waals surface area contributed by atoms with Crippen molar-refractivity contribution in [2.75, 3.05) is 31.2 Å². The van der Waals surface area contributed by atoms with Crippen molar-refractivity contribution in [2.45, 2.75) is 52.4 Å². The first kappa shape index (κ1) is 23.9. The molecule has 0 atom stereocenters. The third kappa shape index (κ3) is 9.15. The summed E-state index contributed by atoms with van der Waals surface area (Å²) in [4.78, 5) is 5.71. The van der Waals surface area contributed by atoms with Gasteiger partial charge in [0.05, 0.1) is 25.0 Å². The zero-order valence-corrected chi connectivity index (χ0v) is 16.5. The standard InChI is InChI=1S/C18H28N3O2.BF4/c1-3-5-11-22-17-14-16(21-9-7-8-10-21)18(13-15(17)20-19)23-12-6-4-2;2-1(3,4)5/h13-14H,3-12H2,1-2H3;/q+1;-1. The molecule has 1 fully saturated rings. The van der Waals surface area contributed by atoms with Gasteiger partial charge in [0.25, 0.3) is 0 Å². The second-order valence-electron chi connectivity index (χ2n) is 6.48. The molecule has 0 aliphatic carbocycles. The van der Waals surface area contributed by atoms with E-state index in [0.29, 0.717) is 24.7 Å². The van der Waals surface area contributed by atoms with E-state index in [1.807, 2.05) is 6.07 Å². The highest BCUT2D eigenvalue weighted by Gasteiger charge is 2.25. The predicted octanol–water partition coefficient (Wildman–Crippen LogP) is 6.43. The van der Waals surface area contributed by atoms with Gasteiger partial charge in [0.2, 0.25) is 11.1 Å². The summed E-state index contributed by atoms with van der Waals surface area (Å²) in [5, 5.41) is 9.30. The maximum absolute atomic E-state index is 9.75. The van der Waals surface area contributed by atoms with Crippen LogP contribution in [-0.2, 0) is 0 Å². The third-order valence-electron chi connectivity index (χ3n) is 4.11. The summed E-state index contributed by atoms with van der Waals surface area (Å²) in [5.41, 5.74) is 1.49. The summed E-state index contributed by atoms with van der Waals surface area (Å²) in [7, 11) is -6.00. The molecule has 1 aliphatic heterocycles. The Kier molecular flexibility index (Phi) is 10.5. The molecule has 0 bridgehead atoms. The molecular weight excluding hydrogens is 377 g/mol. The van der Waals surface area contributed by atoms with Crippen LogP contribution in [0.3, 0.4) is 0 Å². The normalized spacial score (nSPS) is 13.5. The van der Waals surface area contributed by atoms with Crippen LogP contribution in [0.5, 0.6) is 11.5 Å². The smallest absolute Gasteiger partial charge is 0.491 e. The molecule has 0 saturated carbocycles. The molecule has 0 spiro atoms. The van der Waals surface area contributed by atoms with Crippen LogP contribution in [0.4, 0.5) is 28.6 Å². The molecule has 0 radical (unpaired) electrons. The maximum Gasteiger partial charge on any atom is 0.673 e. The van der Waals surface area contributed by atoms with Crippen molar-refractivity contribution >= 4 is 18.6 Å². The number of benzene rings is 1. The molecule has 10 heteroatoms. The van der Waals surface area contributed by atoms with Gasteiger partial charge in [-0.05, 0) is 25.7 Å². The number of unbranched alkanes of at least 4 members (excludes halogenated alkanes) is 2. The van der Waals surface area contributed by atoms with E-state index >= 15 is 0 Å². The fraction of sp³-hybridized carbons (Fsp3) is 0.667. The molecule has 1 aromatic carbocycles. The quantitative estimate of drug-likeness (QED) is 0.206. The van der Waals surface area contributed by atoms with Gasteiger partial charge in [-0.1, -0.05) is 26.7 Å². The number of hydrogen-bond acceptors (Lipinski definition) is 4. The molecule has 5 nitrogen and oxygen atoms in total. The van der Waals surface area contributed by atoms with Crippen molar-refractivity contribution in [1.82, 2.24) is 0 Å². The lowest BCUT2D eigenvalue weighted by atomic mass is 10.2. The SMILES string of the molecule is CCCCOc1cc(N2CCCC2)c(OCCCC)cc1[N+]#N.F[B-](F)(F)F. The Morgan fingerprint density at radius 2 is 1.46 bits per heavy atom. The van der Waals surface area contributed by atoms with E-state index in [-0.39, 0.29) is 0 Å². The summed E-state index contributed by atoms with van der Waals surface area (Å²) in [6, 6.07) is 3.77. The van der Waals surface area contributed by atoms with Crippen molar-refractivity contribution in [2.24, 2.45) is 0 Å². The second-order valence-corrected chi connectivity index (χ2v) is 6.48. The van der Waals surface area contributed by atoms with Crippen LogP contribution >= 0.6 is 0 Å². The molecule has 1 saturated heterocycles. The first-order valence-electron chi connectivity index (χ1n) is 9.71. The minimum Gasteiger partial charge on any atom is -0.491 e. The number of nitrogens with zero attached hydrogens (tertiary/aromatic N) is 3. The van der Waals surface area contributed by atoms with Crippen LogP contribution in [0, 0.1) is 5.39 Å². The molecule has 28 heavy (non-hydrogen) atoms. The lowest BCUT2D eigenvalue weighted by Crippen LogP contribution is -2.19. The molecule has 1 aliphatic rings. The molecule has 0 aromatic heterocycles. The average molecular weight is 405 g/mol. The van der Waals surface area contributed by atoms with Crippen LogP contribution in [0.2, 0.25) is 0 Å². The first-order chi connectivity index (χ1) is 13.3. The minimum absolute atomic E-state index is 0.440. The lowest BCUT2D eigenvalue weighted by molar-refractivity contribution is 0.303. The first-order valence-corrected chi connectivity index (χ1v) is 9.71. The summed E-state index contributed by atoms with van der Waals surface area (Å²) in [5.74, 6) is 1.42. The molecule has 158 valence electrons. The Hall–Kier alpha value is -2.18. The Morgan fingerprint density at radius 1 is 0.964 bits per heavy atom. The van der Waals surface area contributed by atoms with Gasteiger partial charge in [0, 0.05) is 19.2 Å². The van der Waals surface area contributed by atoms with Gasteiger partial charge in [-0.15, -0.1) is 0 Å². The monoisotopic (exact) mass is 405 g/mol. The molecule has 1 aromatic rings. The van der Waals surface area contributed by atoms with Gasteiger partial charge in [-0.3, -0.25) is 0 Å². The molecule has 1 heterocycles. The summed E-state index contributed by atoms with van der Waals surface area (Å²) in [6.45, 7) is 7.65. The summed E-state index contributed by atoms with van der Waals surface area (Å²) < 4.78 is 50.8. The third-order valence-corrected chi connectivity index (χ3v) is 4.11. The van der Waals surface area contributed by atoms with Crippen LogP contribution < -0.4 is 14.4 Å². The summed E-state index contributed by atoms with van der Waals surface area (Å²) >= 11 is 0. The van der Waals surface area contributed by atoms with Crippen molar-refractivity contribution in [3.8, 4) is 11.5 Å². The Labute approximate surface area is 163 Å². The Bertz CT molecular complexity index is 626. The number of rotatable bonds is 9. The highest BCUT2D eigenvalue weighted by atomic mass is 19.5. The van der Waals surface area contributed by atoms with Gasteiger partial charge in [0.1, 0.15) is 0 Å². The zero-order valence-electron chi connectivity index (χ0n) is 16.5. The molecular formula is C18H28BF4N3O2. The number of ether oxygens (including phenoxy) is 2. The topological polar surface area (TPSA) is 49.9 Å². The predicted molar refractivity (Wildman–Crippen MR) is 104 cm³/mol. The van der Waals surface area contributed by atoms with Crippen LogP contribution in [0.15, 0.2) is 12.1 Å². The number of anilines is 1. The van der Waals surface area contributed by atoms with E-state index < -0.39 is 7.25 Å². The van der Waals surface area contributed by atoms with E-state index in [2.05, 4.69) is 23.7 Å². The fourth-order valence-corrected chi connectivity index (χ4v) is 2.71. The van der Waals surface area contributed by atoms with E-state index in [1.54, 1.807) is 6.07 Å². The van der Waals surface area contributed by atoms with E-state index in [4.69, 9.17) is 9.47 Å². The zero-order chi connectivity index (χ0) is 21.0. The molecule has 0 unspecified atom stereocenters. The van der Waals surface area contributed by atoms with Gasteiger partial charge in [-0.25, -0.2) is 0 Å². The van der Waals surface area contributed by atoms with Crippen LogP contribution in [0.1, 0.15) is 52.4 Å². The highest BCUT2D eigenvalue weighted by molar-refractivity contribution is 6.50. The lowest BCUT2D eigenvalue weighted by Gasteiger charge is -2.21. The van der Waals surface area contributed by atoms with Gasteiger partial charge in [-0.2, -0.15) is 0 Å². The van der Waals surface area contributed by atoms with Crippen LogP contribution in [-0.4, -0.2) is 33.6 Å². The average Bonchev–Trinajstić information content (AvgIpc) is 3.15. The Morgan fingerprint density at radius 3 is 1.93 bits per heavy atom. The molecule has 0 N–H and O–H groups in total. The van der Waals surface area contributed by atoms with E-state index in [9.17, 15) is 22.7 Å².